The van der Waals surface area contributed by atoms with Crippen LogP contribution in [0.1, 0.15) is 5.76 Å². The molecule has 0 aliphatic heterocycles. The summed E-state index contributed by atoms with van der Waals surface area (Å²) in [5, 5.41) is 2.81. The van der Waals surface area contributed by atoms with Gasteiger partial charge in [-0.3, -0.25) is 4.79 Å². The highest BCUT2D eigenvalue weighted by molar-refractivity contribution is 9.10. The minimum absolute atomic E-state index is 0.0417. The first kappa shape index (κ1) is 11.3. The molecule has 0 aliphatic rings. The number of nitrogens with zero attached hydrogens (tertiary/aromatic N) is 1. The average Bonchev–Trinajstić information content (AvgIpc) is 2.51. The van der Waals surface area contributed by atoms with Crippen LogP contribution in [-0.4, -0.2) is 31.4 Å². The van der Waals surface area contributed by atoms with Crippen LogP contribution in [-0.2, 0) is 11.3 Å². The Labute approximate surface area is 91.4 Å². The molecule has 5 heteroatoms. The molecule has 0 saturated heterocycles. The van der Waals surface area contributed by atoms with Crippen LogP contribution in [0.5, 0.6) is 0 Å². The van der Waals surface area contributed by atoms with Crippen LogP contribution < -0.4 is 5.32 Å². The highest BCUT2D eigenvalue weighted by Gasteiger charge is 2.09. The minimum atomic E-state index is 0.0417. The Morgan fingerprint density at radius 1 is 1.64 bits per heavy atom. The third kappa shape index (κ3) is 3.16. The molecule has 0 spiro atoms. The molecule has 14 heavy (non-hydrogen) atoms. The minimum Gasteiger partial charge on any atom is -0.452 e. The summed E-state index contributed by atoms with van der Waals surface area (Å²) in [7, 11) is 3.49. The second-order valence-electron chi connectivity index (χ2n) is 2.99. The first-order valence-electron chi connectivity index (χ1n) is 4.26. The smallest absolute Gasteiger partial charge is 0.236 e. The lowest BCUT2D eigenvalue weighted by atomic mass is 10.4. The van der Waals surface area contributed by atoms with Gasteiger partial charge in [-0.05, 0) is 35.1 Å². The molecule has 4 nitrogen and oxygen atoms in total. The summed E-state index contributed by atoms with van der Waals surface area (Å²) in [6.07, 6.45) is 0. The summed E-state index contributed by atoms with van der Waals surface area (Å²) < 4.78 is 5.97. The zero-order valence-corrected chi connectivity index (χ0v) is 9.80. The van der Waals surface area contributed by atoms with Crippen LogP contribution in [0, 0.1) is 0 Å². The molecule has 1 rings (SSSR count). The van der Waals surface area contributed by atoms with E-state index in [1.165, 1.54) is 0 Å². The third-order valence-corrected chi connectivity index (χ3v) is 2.20. The lowest BCUT2D eigenvalue weighted by molar-refractivity contribution is -0.129. The largest absolute Gasteiger partial charge is 0.452 e. The fourth-order valence-electron chi connectivity index (χ4n) is 1.04. The quantitative estimate of drug-likeness (QED) is 0.886. The summed E-state index contributed by atoms with van der Waals surface area (Å²) in [5.41, 5.74) is 0. The van der Waals surface area contributed by atoms with E-state index in [1.807, 2.05) is 12.1 Å². The molecule has 0 aromatic carbocycles. The predicted molar refractivity (Wildman–Crippen MR) is 56.8 cm³/mol. The molecule has 0 unspecified atom stereocenters. The number of rotatable bonds is 4. The number of amides is 1. The number of hydrogen-bond acceptors (Lipinski definition) is 3. The van der Waals surface area contributed by atoms with E-state index < -0.39 is 0 Å². The van der Waals surface area contributed by atoms with Gasteiger partial charge in [-0.15, -0.1) is 0 Å². The Bertz CT molecular complexity index is 312. The number of likely N-dealkylation sites (N-methyl/N-ethyl adjacent to an activating group) is 2. The number of hydrogen-bond donors (Lipinski definition) is 1. The molecule has 0 aliphatic carbocycles. The maximum absolute atomic E-state index is 11.4. The van der Waals surface area contributed by atoms with Gasteiger partial charge in [0.25, 0.3) is 0 Å². The summed E-state index contributed by atoms with van der Waals surface area (Å²) in [4.78, 5) is 13.0. The number of furan rings is 1. The number of carbonyl (C=O) groups is 1. The van der Waals surface area contributed by atoms with Gasteiger partial charge in [0.15, 0.2) is 4.67 Å². The molecule has 1 heterocycles. The van der Waals surface area contributed by atoms with E-state index in [1.54, 1.807) is 19.0 Å². The second kappa shape index (κ2) is 5.17. The molecule has 0 bridgehead atoms. The van der Waals surface area contributed by atoms with Crippen molar-refractivity contribution in [2.75, 3.05) is 20.6 Å². The molecular formula is C9H13BrN2O2. The Kier molecular flexibility index (Phi) is 4.16. The van der Waals surface area contributed by atoms with Crippen molar-refractivity contribution in [1.82, 2.24) is 10.2 Å². The zero-order valence-electron chi connectivity index (χ0n) is 8.21. The van der Waals surface area contributed by atoms with Crippen molar-refractivity contribution in [3.63, 3.8) is 0 Å². The Morgan fingerprint density at radius 3 is 2.86 bits per heavy atom. The lowest BCUT2D eigenvalue weighted by Crippen LogP contribution is -2.33. The molecule has 1 N–H and O–H groups in total. The van der Waals surface area contributed by atoms with Crippen molar-refractivity contribution in [2.45, 2.75) is 6.54 Å². The van der Waals surface area contributed by atoms with Gasteiger partial charge in [0, 0.05) is 7.05 Å². The van der Waals surface area contributed by atoms with E-state index in [0.717, 1.165) is 5.76 Å². The van der Waals surface area contributed by atoms with Crippen LogP contribution in [0.4, 0.5) is 0 Å². The molecule has 1 aromatic rings. The maximum Gasteiger partial charge on any atom is 0.236 e. The highest BCUT2D eigenvalue weighted by atomic mass is 79.9. The zero-order chi connectivity index (χ0) is 10.6. The van der Waals surface area contributed by atoms with Crippen molar-refractivity contribution < 1.29 is 9.21 Å². The van der Waals surface area contributed by atoms with Gasteiger partial charge in [-0.2, -0.15) is 0 Å². The van der Waals surface area contributed by atoms with Gasteiger partial charge in [0.2, 0.25) is 5.91 Å². The Hall–Kier alpha value is -0.810. The van der Waals surface area contributed by atoms with Crippen LogP contribution in [0.2, 0.25) is 0 Å². The van der Waals surface area contributed by atoms with E-state index in [0.29, 0.717) is 17.8 Å². The van der Waals surface area contributed by atoms with Crippen LogP contribution in [0.25, 0.3) is 0 Å². The third-order valence-electron chi connectivity index (χ3n) is 1.78. The lowest BCUT2D eigenvalue weighted by Gasteiger charge is -2.14. The second-order valence-corrected chi connectivity index (χ2v) is 3.77. The van der Waals surface area contributed by atoms with Crippen molar-refractivity contribution >= 4 is 21.8 Å². The molecule has 78 valence electrons. The molecule has 1 aromatic heterocycles. The van der Waals surface area contributed by atoms with E-state index in [9.17, 15) is 4.79 Å². The van der Waals surface area contributed by atoms with Crippen LogP contribution >= 0.6 is 15.9 Å². The van der Waals surface area contributed by atoms with E-state index in [2.05, 4.69) is 21.2 Å². The summed E-state index contributed by atoms with van der Waals surface area (Å²) in [6.45, 7) is 0.838. The molecule has 0 fully saturated rings. The topological polar surface area (TPSA) is 45.5 Å². The average molecular weight is 261 g/mol. The van der Waals surface area contributed by atoms with Gasteiger partial charge in [-0.1, -0.05) is 0 Å². The standard InChI is InChI=1S/C9H13BrN2O2/c1-11-5-9(13)12(2)6-7-3-4-8(10)14-7/h3-4,11H,5-6H2,1-2H3. The van der Waals surface area contributed by atoms with E-state index >= 15 is 0 Å². The first-order chi connectivity index (χ1) is 6.63. The number of nitrogens with one attached hydrogen (secondary N) is 1. The van der Waals surface area contributed by atoms with Gasteiger partial charge in [0.1, 0.15) is 5.76 Å². The summed E-state index contributed by atoms with van der Waals surface area (Å²) in [5.74, 6) is 0.809. The van der Waals surface area contributed by atoms with Gasteiger partial charge >= 0.3 is 0 Å². The predicted octanol–water partition coefficient (Wildman–Crippen LogP) is 1.22. The van der Waals surface area contributed by atoms with Crippen molar-refractivity contribution in [3.8, 4) is 0 Å². The SMILES string of the molecule is CNCC(=O)N(C)Cc1ccc(Br)o1. The molecule has 0 saturated carbocycles. The molecule has 1 amide bonds. The normalized spacial score (nSPS) is 10.2. The summed E-state index contributed by atoms with van der Waals surface area (Å²) >= 11 is 3.21. The van der Waals surface area contributed by atoms with Gasteiger partial charge in [-0.25, -0.2) is 0 Å². The Morgan fingerprint density at radius 2 is 2.36 bits per heavy atom. The van der Waals surface area contributed by atoms with E-state index in [4.69, 9.17) is 4.42 Å². The Balaban J connectivity index is 2.48. The monoisotopic (exact) mass is 260 g/mol. The maximum atomic E-state index is 11.4. The van der Waals surface area contributed by atoms with Gasteiger partial charge < -0.3 is 14.6 Å². The van der Waals surface area contributed by atoms with E-state index in [-0.39, 0.29) is 5.91 Å². The summed E-state index contributed by atoms with van der Waals surface area (Å²) in [6, 6.07) is 3.65. The molecule has 0 atom stereocenters. The molecular weight excluding hydrogens is 248 g/mol. The van der Waals surface area contributed by atoms with Crippen LogP contribution in [0.3, 0.4) is 0 Å². The number of carbonyl (C=O) groups excluding carboxylic acids is 1. The molecule has 0 radical (unpaired) electrons. The number of halogens is 1. The fraction of sp³-hybridized carbons (Fsp3) is 0.444. The van der Waals surface area contributed by atoms with Crippen molar-refractivity contribution in [3.05, 3.63) is 22.6 Å². The van der Waals surface area contributed by atoms with Crippen molar-refractivity contribution in [1.29, 1.82) is 0 Å². The van der Waals surface area contributed by atoms with Gasteiger partial charge in [0.05, 0.1) is 13.1 Å². The van der Waals surface area contributed by atoms with Crippen molar-refractivity contribution in [2.24, 2.45) is 0 Å². The fourth-order valence-corrected chi connectivity index (χ4v) is 1.38. The first-order valence-corrected chi connectivity index (χ1v) is 5.05. The van der Waals surface area contributed by atoms with Crippen LogP contribution in [0.15, 0.2) is 21.2 Å². The highest BCUT2D eigenvalue weighted by Crippen LogP contribution is 2.15.